The molecule has 0 fully saturated rings. The molecule has 0 atom stereocenters. The molecule has 160 valence electrons. The Morgan fingerprint density at radius 1 is 1.13 bits per heavy atom. The summed E-state index contributed by atoms with van der Waals surface area (Å²) in [4.78, 5) is 16.0. The van der Waals surface area contributed by atoms with E-state index >= 15 is 0 Å². The van der Waals surface area contributed by atoms with E-state index < -0.39 is 0 Å². The highest BCUT2D eigenvalue weighted by Gasteiger charge is 2.24. The Hall–Kier alpha value is -3.52. The van der Waals surface area contributed by atoms with Crippen LogP contribution in [0, 0.1) is 0 Å². The summed E-state index contributed by atoms with van der Waals surface area (Å²) in [7, 11) is 1.56. The molecule has 2 aromatic heterocycles. The first-order valence-electron chi connectivity index (χ1n) is 9.76. The zero-order chi connectivity index (χ0) is 22.2. The highest BCUT2D eigenvalue weighted by atomic mass is 35.5. The number of carbonyl (C=O) groups is 1. The van der Waals surface area contributed by atoms with Gasteiger partial charge in [-0.25, -0.2) is 9.78 Å². The number of hydrogen-bond acceptors (Lipinski definition) is 4. The minimum absolute atomic E-state index is 0.133. The minimum Gasteiger partial charge on any atom is -0.457 e. The average molecular weight is 439 g/mol. The monoisotopic (exact) mass is 438 g/mol. The van der Waals surface area contributed by atoms with Gasteiger partial charge in [0.25, 0.3) is 0 Å². The van der Waals surface area contributed by atoms with Crippen molar-refractivity contribution in [3.63, 3.8) is 0 Å². The topological polar surface area (TPSA) is 96.3 Å². The summed E-state index contributed by atoms with van der Waals surface area (Å²) in [6, 6.07) is 14.3. The van der Waals surface area contributed by atoms with Crippen molar-refractivity contribution in [1.82, 2.24) is 25.1 Å². The maximum Gasteiger partial charge on any atom is 0.318 e. The minimum atomic E-state index is -0.292. The second-order valence-corrected chi connectivity index (χ2v) is 8.46. The molecule has 9 heteroatoms. The van der Waals surface area contributed by atoms with Crippen LogP contribution in [0.2, 0.25) is 5.02 Å². The van der Waals surface area contributed by atoms with E-state index in [2.05, 4.69) is 46.6 Å². The first-order valence-corrected chi connectivity index (χ1v) is 10.1. The second kappa shape index (κ2) is 7.96. The summed E-state index contributed by atoms with van der Waals surface area (Å²) in [5.41, 5.74) is 2.84. The van der Waals surface area contributed by atoms with Gasteiger partial charge >= 0.3 is 6.03 Å². The Morgan fingerprint density at radius 2 is 1.87 bits per heavy atom. The normalized spacial score (nSPS) is 11.5. The van der Waals surface area contributed by atoms with E-state index in [1.54, 1.807) is 23.8 Å². The first-order chi connectivity index (χ1) is 14.7. The molecule has 0 saturated heterocycles. The SMILES string of the molecule is CNC(=O)Nc1cccc(Oc2ccc(-c3nc4c(Cl)c(C(C)(C)C)[nH]n4n3)cc2)c1. The highest BCUT2D eigenvalue weighted by molar-refractivity contribution is 6.34. The first kappa shape index (κ1) is 20.7. The maximum absolute atomic E-state index is 11.5. The number of aromatic amines is 1. The maximum atomic E-state index is 11.5. The van der Waals surface area contributed by atoms with Crippen LogP contribution in [0.3, 0.4) is 0 Å². The molecule has 0 aliphatic carbocycles. The van der Waals surface area contributed by atoms with Crippen LogP contribution in [-0.4, -0.2) is 32.9 Å². The number of ether oxygens (including phenoxy) is 1. The molecule has 0 aliphatic rings. The van der Waals surface area contributed by atoms with Crippen LogP contribution in [0.1, 0.15) is 26.5 Å². The fourth-order valence-electron chi connectivity index (χ4n) is 3.06. The number of nitrogens with one attached hydrogen (secondary N) is 3. The Morgan fingerprint density at radius 3 is 2.52 bits per heavy atom. The third kappa shape index (κ3) is 4.34. The lowest BCUT2D eigenvalue weighted by molar-refractivity contribution is 0.254. The van der Waals surface area contributed by atoms with Gasteiger partial charge in [0.1, 0.15) is 16.5 Å². The Balaban J connectivity index is 1.52. The number of benzene rings is 2. The van der Waals surface area contributed by atoms with Gasteiger partial charge in [0.05, 0.1) is 5.69 Å². The third-order valence-corrected chi connectivity index (χ3v) is 5.02. The predicted molar refractivity (Wildman–Crippen MR) is 121 cm³/mol. The molecular weight excluding hydrogens is 416 g/mol. The molecule has 4 aromatic rings. The molecule has 0 radical (unpaired) electrons. The van der Waals surface area contributed by atoms with Gasteiger partial charge in [-0.15, -0.1) is 5.10 Å². The van der Waals surface area contributed by atoms with E-state index in [-0.39, 0.29) is 11.4 Å². The molecule has 0 spiro atoms. The number of hydrogen-bond donors (Lipinski definition) is 3. The average Bonchev–Trinajstić information content (AvgIpc) is 3.28. The van der Waals surface area contributed by atoms with Crippen molar-refractivity contribution < 1.29 is 9.53 Å². The van der Waals surface area contributed by atoms with Gasteiger partial charge in [-0.1, -0.05) is 38.4 Å². The summed E-state index contributed by atoms with van der Waals surface area (Å²) in [5.74, 6) is 1.83. The van der Waals surface area contributed by atoms with Gasteiger partial charge < -0.3 is 15.4 Å². The van der Waals surface area contributed by atoms with E-state index in [1.165, 1.54) is 0 Å². The zero-order valence-corrected chi connectivity index (χ0v) is 18.4. The molecule has 4 rings (SSSR count). The number of H-pyrrole nitrogens is 1. The molecule has 0 aliphatic heterocycles. The number of aromatic nitrogens is 4. The van der Waals surface area contributed by atoms with Crippen molar-refractivity contribution in [2.24, 2.45) is 0 Å². The van der Waals surface area contributed by atoms with E-state index in [9.17, 15) is 4.79 Å². The number of anilines is 1. The van der Waals surface area contributed by atoms with Crippen LogP contribution in [0.15, 0.2) is 48.5 Å². The van der Waals surface area contributed by atoms with Crippen molar-refractivity contribution in [2.45, 2.75) is 26.2 Å². The number of urea groups is 1. The van der Waals surface area contributed by atoms with E-state index in [4.69, 9.17) is 16.3 Å². The van der Waals surface area contributed by atoms with E-state index in [0.29, 0.717) is 33.7 Å². The fraction of sp³-hybridized carbons (Fsp3) is 0.227. The van der Waals surface area contributed by atoms with Crippen LogP contribution < -0.4 is 15.4 Å². The van der Waals surface area contributed by atoms with Gasteiger partial charge in [-0.3, -0.25) is 5.10 Å². The van der Waals surface area contributed by atoms with Gasteiger partial charge in [0.15, 0.2) is 11.5 Å². The highest BCUT2D eigenvalue weighted by Crippen LogP contribution is 2.32. The molecule has 2 heterocycles. The van der Waals surface area contributed by atoms with Crippen LogP contribution in [-0.2, 0) is 5.41 Å². The van der Waals surface area contributed by atoms with Crippen LogP contribution in [0.4, 0.5) is 10.5 Å². The van der Waals surface area contributed by atoms with Crippen molar-refractivity contribution >= 4 is 29.0 Å². The van der Waals surface area contributed by atoms with E-state index in [0.717, 1.165) is 11.3 Å². The van der Waals surface area contributed by atoms with Crippen LogP contribution >= 0.6 is 11.6 Å². The van der Waals surface area contributed by atoms with E-state index in [1.807, 2.05) is 36.4 Å². The quantitative estimate of drug-likeness (QED) is 0.407. The second-order valence-electron chi connectivity index (χ2n) is 8.08. The summed E-state index contributed by atoms with van der Waals surface area (Å²) >= 11 is 6.51. The smallest absolute Gasteiger partial charge is 0.318 e. The summed E-state index contributed by atoms with van der Waals surface area (Å²) in [6.45, 7) is 6.23. The Bertz CT molecular complexity index is 1240. The van der Waals surface area contributed by atoms with Gasteiger partial charge in [-0.05, 0) is 36.4 Å². The number of rotatable bonds is 4. The molecule has 0 bridgehead atoms. The Labute approximate surface area is 184 Å². The van der Waals surface area contributed by atoms with Crippen molar-refractivity contribution in [3.05, 3.63) is 59.2 Å². The van der Waals surface area contributed by atoms with Crippen LogP contribution in [0.5, 0.6) is 11.5 Å². The molecular formula is C22H23ClN6O2. The van der Waals surface area contributed by atoms with Crippen molar-refractivity contribution in [3.8, 4) is 22.9 Å². The summed E-state index contributed by atoms with van der Waals surface area (Å²) < 4.78 is 7.50. The summed E-state index contributed by atoms with van der Waals surface area (Å²) in [6.07, 6.45) is 0. The molecule has 3 N–H and O–H groups in total. The molecule has 31 heavy (non-hydrogen) atoms. The lowest BCUT2D eigenvalue weighted by Gasteiger charge is -2.16. The van der Waals surface area contributed by atoms with Gasteiger partial charge in [0, 0.05) is 29.8 Å². The molecule has 0 unspecified atom stereocenters. The van der Waals surface area contributed by atoms with Gasteiger partial charge in [0.2, 0.25) is 0 Å². The van der Waals surface area contributed by atoms with Crippen LogP contribution in [0.25, 0.3) is 17.0 Å². The predicted octanol–water partition coefficient (Wildman–Crippen LogP) is 5.22. The number of nitrogens with zero attached hydrogens (tertiary/aromatic N) is 3. The lowest BCUT2D eigenvalue weighted by atomic mass is 9.92. The molecule has 0 saturated carbocycles. The zero-order valence-electron chi connectivity index (χ0n) is 17.7. The molecule has 8 nitrogen and oxygen atoms in total. The standard InChI is InChI=1S/C22H23ClN6O2/c1-22(2,3)18-17(23)20-26-19(28-29(20)27-18)13-8-10-15(11-9-13)31-16-7-5-6-14(12-16)25-21(30)24-4/h5-12,27H,1-4H3,(H2,24,25,30). The number of carbonyl (C=O) groups excluding carboxylic acids is 1. The molecule has 2 aromatic carbocycles. The largest absolute Gasteiger partial charge is 0.457 e. The summed E-state index contributed by atoms with van der Waals surface area (Å²) in [5, 5.41) is 13.5. The van der Waals surface area contributed by atoms with Gasteiger partial charge in [-0.2, -0.15) is 4.63 Å². The Kier molecular flexibility index (Phi) is 5.32. The lowest BCUT2D eigenvalue weighted by Crippen LogP contribution is -2.24. The van der Waals surface area contributed by atoms with Crippen molar-refractivity contribution in [1.29, 1.82) is 0 Å². The van der Waals surface area contributed by atoms with Crippen molar-refractivity contribution in [2.75, 3.05) is 12.4 Å². The fourth-order valence-corrected chi connectivity index (χ4v) is 3.51. The number of halogens is 1. The number of fused-ring (bicyclic) bond motifs is 1. The third-order valence-electron chi connectivity index (χ3n) is 4.66. The molecule has 2 amide bonds. The number of amides is 2.